The Morgan fingerprint density at radius 3 is 2.40 bits per heavy atom. The number of nitrogens with zero attached hydrogens (tertiary/aromatic N) is 1. The van der Waals surface area contributed by atoms with E-state index in [1.54, 1.807) is 29.2 Å². The van der Waals surface area contributed by atoms with Crippen LogP contribution < -0.4 is 10.1 Å². The van der Waals surface area contributed by atoms with Crippen LogP contribution in [-0.4, -0.2) is 35.4 Å². The van der Waals surface area contributed by atoms with Crippen LogP contribution in [0.15, 0.2) is 48.5 Å². The summed E-state index contributed by atoms with van der Waals surface area (Å²) in [5.74, 6) is 0.125. The highest BCUT2D eigenvalue weighted by molar-refractivity contribution is 6.30. The largest absolute Gasteiger partial charge is 0.484 e. The Hall–Kier alpha value is -2.53. The molecule has 0 radical (unpaired) electrons. The smallest absolute Gasteiger partial charge is 0.261 e. The number of rotatable bonds is 10. The Bertz CT molecular complexity index is 839. The van der Waals surface area contributed by atoms with Crippen molar-refractivity contribution < 1.29 is 14.3 Å². The van der Waals surface area contributed by atoms with Gasteiger partial charge in [-0.3, -0.25) is 9.59 Å². The maximum Gasteiger partial charge on any atom is 0.261 e. The van der Waals surface area contributed by atoms with Gasteiger partial charge in [0.2, 0.25) is 5.91 Å². The van der Waals surface area contributed by atoms with Crippen LogP contribution in [0, 0.1) is 6.92 Å². The zero-order chi connectivity index (χ0) is 22.1. The maximum absolute atomic E-state index is 13.1. The van der Waals surface area contributed by atoms with Crippen LogP contribution in [0.4, 0.5) is 0 Å². The van der Waals surface area contributed by atoms with Crippen LogP contribution in [0.5, 0.6) is 5.75 Å². The van der Waals surface area contributed by atoms with Crippen molar-refractivity contribution in [2.75, 3.05) is 6.61 Å². The van der Waals surface area contributed by atoms with Crippen LogP contribution in [0.1, 0.15) is 44.7 Å². The molecular weight excluding hydrogens is 400 g/mol. The number of carbonyl (C=O) groups excluding carboxylic acids is 2. The lowest BCUT2D eigenvalue weighted by Crippen LogP contribution is -2.51. The first kappa shape index (κ1) is 23.7. The average Bonchev–Trinajstić information content (AvgIpc) is 2.73. The molecule has 2 unspecified atom stereocenters. The first-order chi connectivity index (χ1) is 14.3. The highest BCUT2D eigenvalue weighted by Gasteiger charge is 2.29. The lowest BCUT2D eigenvalue weighted by molar-refractivity contribution is -0.143. The summed E-state index contributed by atoms with van der Waals surface area (Å²) in [5.41, 5.74) is 2.11. The number of nitrogens with one attached hydrogen (secondary N) is 1. The minimum absolute atomic E-state index is 0.0468. The number of aryl methyl sites for hydroxylation is 1. The molecule has 2 aromatic carbocycles. The molecule has 162 valence electrons. The Morgan fingerprint density at radius 1 is 1.10 bits per heavy atom. The molecular formula is C24H31ClN2O3. The van der Waals surface area contributed by atoms with Gasteiger partial charge >= 0.3 is 0 Å². The second-order valence-corrected chi connectivity index (χ2v) is 7.93. The molecule has 0 aliphatic carbocycles. The summed E-state index contributed by atoms with van der Waals surface area (Å²) in [6, 6.07) is 14.3. The number of ether oxygens (including phenoxy) is 1. The molecule has 0 heterocycles. The third-order valence-corrected chi connectivity index (χ3v) is 5.25. The van der Waals surface area contributed by atoms with Gasteiger partial charge in [0.15, 0.2) is 6.61 Å². The number of amides is 2. The fourth-order valence-corrected chi connectivity index (χ4v) is 3.22. The summed E-state index contributed by atoms with van der Waals surface area (Å²) >= 11 is 5.99. The molecule has 0 saturated carbocycles. The number of hydrogen-bond donors (Lipinski definition) is 1. The van der Waals surface area contributed by atoms with Crippen LogP contribution in [0.2, 0.25) is 5.02 Å². The van der Waals surface area contributed by atoms with Gasteiger partial charge in [0, 0.05) is 17.6 Å². The minimum Gasteiger partial charge on any atom is -0.484 e. The molecule has 30 heavy (non-hydrogen) atoms. The van der Waals surface area contributed by atoms with E-state index in [0.29, 0.717) is 23.7 Å². The second-order valence-electron chi connectivity index (χ2n) is 7.50. The second kappa shape index (κ2) is 11.6. The van der Waals surface area contributed by atoms with E-state index in [-0.39, 0.29) is 24.5 Å². The van der Waals surface area contributed by atoms with Crippen molar-refractivity contribution in [2.45, 2.75) is 59.2 Å². The molecule has 0 fully saturated rings. The molecule has 0 aromatic heterocycles. The maximum atomic E-state index is 13.1. The molecule has 0 saturated heterocycles. The van der Waals surface area contributed by atoms with E-state index < -0.39 is 6.04 Å². The van der Waals surface area contributed by atoms with Gasteiger partial charge in [-0.1, -0.05) is 61.3 Å². The number of hydrogen-bond acceptors (Lipinski definition) is 3. The van der Waals surface area contributed by atoms with Gasteiger partial charge in [-0.2, -0.15) is 0 Å². The zero-order valence-corrected chi connectivity index (χ0v) is 18.9. The molecule has 1 N–H and O–H groups in total. The van der Waals surface area contributed by atoms with E-state index >= 15 is 0 Å². The monoisotopic (exact) mass is 430 g/mol. The summed E-state index contributed by atoms with van der Waals surface area (Å²) in [4.78, 5) is 27.6. The van der Waals surface area contributed by atoms with Crippen LogP contribution in [-0.2, 0) is 16.1 Å². The van der Waals surface area contributed by atoms with Crippen LogP contribution in [0.25, 0.3) is 0 Å². The van der Waals surface area contributed by atoms with E-state index in [1.165, 1.54) is 0 Å². The highest BCUT2D eigenvalue weighted by Crippen LogP contribution is 2.18. The molecule has 6 heteroatoms. The Labute approximate surface area is 184 Å². The Kier molecular flexibility index (Phi) is 9.18. The van der Waals surface area contributed by atoms with Gasteiger partial charge in [0.25, 0.3) is 5.91 Å². The minimum atomic E-state index is -0.573. The third kappa shape index (κ3) is 7.06. The average molecular weight is 431 g/mol. The van der Waals surface area contributed by atoms with E-state index in [9.17, 15) is 9.59 Å². The van der Waals surface area contributed by atoms with E-state index in [1.807, 2.05) is 52.0 Å². The van der Waals surface area contributed by atoms with Crippen molar-refractivity contribution in [3.8, 4) is 5.75 Å². The summed E-state index contributed by atoms with van der Waals surface area (Å²) in [6.07, 6.45) is 1.34. The van der Waals surface area contributed by atoms with Gasteiger partial charge < -0.3 is 15.0 Å². The lowest BCUT2D eigenvalue weighted by atomic mass is 10.1. The Morgan fingerprint density at radius 2 is 1.80 bits per heavy atom. The van der Waals surface area contributed by atoms with Gasteiger partial charge in [-0.05, 0) is 50.5 Å². The summed E-state index contributed by atoms with van der Waals surface area (Å²) < 4.78 is 5.66. The van der Waals surface area contributed by atoms with Gasteiger partial charge in [0.05, 0.1) is 0 Å². The quantitative estimate of drug-likeness (QED) is 0.591. The highest BCUT2D eigenvalue weighted by atomic mass is 35.5. The predicted molar refractivity (Wildman–Crippen MR) is 121 cm³/mol. The zero-order valence-electron chi connectivity index (χ0n) is 18.2. The van der Waals surface area contributed by atoms with Crippen molar-refractivity contribution in [1.29, 1.82) is 0 Å². The van der Waals surface area contributed by atoms with Crippen molar-refractivity contribution in [3.05, 3.63) is 64.7 Å². The van der Waals surface area contributed by atoms with E-state index in [0.717, 1.165) is 17.5 Å². The van der Waals surface area contributed by atoms with Crippen molar-refractivity contribution in [3.63, 3.8) is 0 Å². The lowest BCUT2D eigenvalue weighted by Gasteiger charge is -2.31. The summed E-state index contributed by atoms with van der Waals surface area (Å²) in [6.45, 7) is 8.07. The standard InChI is InChI=1S/C24H31ClN2O3/c1-5-18(4)26-24(29)22(6-2)27(15-19-12-10-17(3)11-13-19)23(28)16-30-21-9-7-8-20(25)14-21/h7-14,18,22H,5-6,15-16H2,1-4H3,(H,26,29). The fourth-order valence-electron chi connectivity index (χ4n) is 3.04. The molecule has 5 nitrogen and oxygen atoms in total. The SMILES string of the molecule is CCC(C)NC(=O)C(CC)N(Cc1ccc(C)cc1)C(=O)COc1cccc(Cl)c1. The normalized spacial score (nSPS) is 12.7. The molecule has 2 rings (SSSR count). The summed E-state index contributed by atoms with van der Waals surface area (Å²) in [5, 5.41) is 3.54. The first-order valence-corrected chi connectivity index (χ1v) is 10.8. The molecule has 0 aliphatic rings. The molecule has 2 aromatic rings. The molecule has 0 spiro atoms. The summed E-state index contributed by atoms with van der Waals surface area (Å²) in [7, 11) is 0. The third-order valence-electron chi connectivity index (χ3n) is 5.02. The topological polar surface area (TPSA) is 58.6 Å². The number of benzene rings is 2. The number of carbonyl (C=O) groups is 2. The van der Waals surface area contributed by atoms with Crippen LogP contribution in [0.3, 0.4) is 0 Å². The van der Waals surface area contributed by atoms with Crippen molar-refractivity contribution >= 4 is 23.4 Å². The van der Waals surface area contributed by atoms with Gasteiger partial charge in [-0.15, -0.1) is 0 Å². The number of halogens is 1. The predicted octanol–water partition coefficient (Wildman–Crippen LogP) is 4.75. The van der Waals surface area contributed by atoms with Crippen molar-refractivity contribution in [1.82, 2.24) is 10.2 Å². The van der Waals surface area contributed by atoms with E-state index in [2.05, 4.69) is 5.32 Å². The first-order valence-electron chi connectivity index (χ1n) is 10.4. The molecule has 0 bridgehead atoms. The fraction of sp³-hybridized carbons (Fsp3) is 0.417. The van der Waals surface area contributed by atoms with Crippen molar-refractivity contribution in [2.24, 2.45) is 0 Å². The Balaban J connectivity index is 2.20. The van der Waals surface area contributed by atoms with Gasteiger partial charge in [-0.25, -0.2) is 0 Å². The molecule has 2 amide bonds. The molecule has 2 atom stereocenters. The van der Waals surface area contributed by atoms with E-state index in [4.69, 9.17) is 16.3 Å². The molecule has 0 aliphatic heterocycles. The van der Waals surface area contributed by atoms with Crippen LogP contribution >= 0.6 is 11.6 Å². The van der Waals surface area contributed by atoms with Gasteiger partial charge in [0.1, 0.15) is 11.8 Å².